The Bertz CT molecular complexity index is 625. The topological polar surface area (TPSA) is 72.5 Å². The van der Waals surface area contributed by atoms with Gasteiger partial charge in [0.05, 0.1) is 24.6 Å². The Hall–Kier alpha value is -2.76. The van der Waals surface area contributed by atoms with Crippen molar-refractivity contribution >= 4 is 23.3 Å². The first kappa shape index (κ1) is 16.6. The summed E-state index contributed by atoms with van der Waals surface area (Å²) in [6.07, 6.45) is 1.28. The number of carbonyl (C=O) groups is 1. The summed E-state index contributed by atoms with van der Waals surface area (Å²) in [5.74, 6) is 1.27. The summed E-state index contributed by atoms with van der Waals surface area (Å²) in [6.45, 7) is 6.05. The fourth-order valence-corrected chi connectivity index (χ4v) is 1.87. The highest BCUT2D eigenvalue weighted by Gasteiger charge is 2.03. The number of ether oxygens (including phenoxy) is 2. The average Bonchev–Trinajstić information content (AvgIpc) is 2.51. The normalized spacial score (nSPS) is 10.3. The molecule has 2 aromatic rings. The molecule has 1 aromatic carbocycles. The molecule has 0 atom stereocenters. The molecule has 122 valence electrons. The third-order valence-corrected chi connectivity index (χ3v) is 2.78. The van der Waals surface area contributed by atoms with Gasteiger partial charge < -0.3 is 14.8 Å². The number of anilines is 3. The van der Waals surface area contributed by atoms with Gasteiger partial charge in [0.15, 0.2) is 0 Å². The number of aromatic nitrogens is 1. The smallest absolute Gasteiger partial charge is 0.412 e. The van der Waals surface area contributed by atoms with Crippen LogP contribution in [0.4, 0.5) is 22.0 Å². The van der Waals surface area contributed by atoms with Gasteiger partial charge in [-0.2, -0.15) is 0 Å². The molecule has 1 amide bonds. The van der Waals surface area contributed by atoms with Crippen LogP contribution >= 0.6 is 0 Å². The van der Waals surface area contributed by atoms with Crippen LogP contribution in [0, 0.1) is 0 Å². The number of carbonyl (C=O) groups excluding carboxylic acids is 1. The van der Waals surface area contributed by atoms with E-state index in [-0.39, 0.29) is 6.10 Å². The Labute approximate surface area is 135 Å². The molecule has 2 N–H and O–H groups in total. The van der Waals surface area contributed by atoms with Gasteiger partial charge in [-0.25, -0.2) is 9.78 Å². The minimum absolute atomic E-state index is 0.150. The van der Waals surface area contributed by atoms with Crippen molar-refractivity contribution in [2.45, 2.75) is 26.9 Å². The van der Waals surface area contributed by atoms with Crippen LogP contribution in [0.15, 0.2) is 42.6 Å². The van der Waals surface area contributed by atoms with Gasteiger partial charge >= 0.3 is 6.09 Å². The maximum atomic E-state index is 11.3. The summed E-state index contributed by atoms with van der Waals surface area (Å²) in [6, 6.07) is 11.2. The molecule has 1 heterocycles. The van der Waals surface area contributed by atoms with Gasteiger partial charge in [0.2, 0.25) is 0 Å². The molecule has 0 saturated heterocycles. The molecule has 0 fully saturated rings. The minimum Gasteiger partial charge on any atom is -0.491 e. The molecule has 23 heavy (non-hydrogen) atoms. The van der Waals surface area contributed by atoms with E-state index < -0.39 is 6.09 Å². The zero-order chi connectivity index (χ0) is 16.7. The zero-order valence-corrected chi connectivity index (χ0v) is 13.5. The third-order valence-electron chi connectivity index (χ3n) is 2.78. The molecule has 0 radical (unpaired) electrons. The fourth-order valence-electron chi connectivity index (χ4n) is 1.87. The lowest BCUT2D eigenvalue weighted by molar-refractivity contribution is 0.168. The molecule has 0 unspecified atom stereocenters. The van der Waals surface area contributed by atoms with E-state index in [0.29, 0.717) is 12.4 Å². The average molecular weight is 315 g/mol. The van der Waals surface area contributed by atoms with Crippen LogP contribution in [-0.2, 0) is 4.74 Å². The molecule has 6 nitrogen and oxygen atoms in total. The van der Waals surface area contributed by atoms with Crippen molar-refractivity contribution in [3.8, 4) is 5.75 Å². The van der Waals surface area contributed by atoms with E-state index in [4.69, 9.17) is 9.47 Å². The molecular weight excluding hydrogens is 294 g/mol. The van der Waals surface area contributed by atoms with Crippen molar-refractivity contribution in [1.29, 1.82) is 0 Å². The number of rotatable bonds is 6. The standard InChI is InChI=1S/C17H21N3O3/c1-4-22-17(21)20-16-10-7-14(11-18-16)19-13-5-8-15(9-6-13)23-12(2)3/h5-12,19H,4H2,1-3H3,(H,18,20,21). The maximum absolute atomic E-state index is 11.3. The van der Waals surface area contributed by atoms with Crippen molar-refractivity contribution in [2.24, 2.45) is 0 Å². The quantitative estimate of drug-likeness (QED) is 0.836. The van der Waals surface area contributed by atoms with Crippen molar-refractivity contribution in [1.82, 2.24) is 4.98 Å². The van der Waals surface area contributed by atoms with Crippen LogP contribution < -0.4 is 15.4 Å². The molecule has 2 rings (SSSR count). The highest BCUT2D eigenvalue weighted by Crippen LogP contribution is 2.21. The molecule has 1 aromatic heterocycles. The Balaban J connectivity index is 1.94. The Kier molecular flexibility index (Phi) is 5.80. The second-order valence-electron chi connectivity index (χ2n) is 5.09. The second kappa shape index (κ2) is 8.03. The van der Waals surface area contributed by atoms with E-state index in [9.17, 15) is 4.79 Å². The van der Waals surface area contributed by atoms with Gasteiger partial charge in [0, 0.05) is 5.69 Å². The monoisotopic (exact) mass is 315 g/mol. The maximum Gasteiger partial charge on any atom is 0.412 e. The molecule has 0 aliphatic heterocycles. The van der Waals surface area contributed by atoms with Gasteiger partial charge in [-0.1, -0.05) is 0 Å². The Morgan fingerprint density at radius 1 is 1.13 bits per heavy atom. The lowest BCUT2D eigenvalue weighted by Crippen LogP contribution is -2.14. The first-order chi connectivity index (χ1) is 11.1. The number of nitrogens with one attached hydrogen (secondary N) is 2. The molecule has 6 heteroatoms. The SMILES string of the molecule is CCOC(=O)Nc1ccc(Nc2ccc(OC(C)C)cc2)cn1. The van der Waals surface area contributed by atoms with Crippen LogP contribution in [0.5, 0.6) is 5.75 Å². The van der Waals surface area contributed by atoms with Crippen LogP contribution in [0.25, 0.3) is 0 Å². The van der Waals surface area contributed by atoms with E-state index >= 15 is 0 Å². The van der Waals surface area contributed by atoms with Gasteiger partial charge in [0.1, 0.15) is 11.6 Å². The number of benzene rings is 1. The summed E-state index contributed by atoms with van der Waals surface area (Å²) in [4.78, 5) is 15.5. The summed E-state index contributed by atoms with van der Waals surface area (Å²) < 4.78 is 10.4. The van der Waals surface area contributed by atoms with Gasteiger partial charge in [-0.3, -0.25) is 5.32 Å². The van der Waals surface area contributed by atoms with E-state index in [1.807, 2.05) is 44.2 Å². The summed E-state index contributed by atoms with van der Waals surface area (Å²) >= 11 is 0. The fraction of sp³-hybridized carbons (Fsp3) is 0.294. The van der Waals surface area contributed by atoms with Crippen LogP contribution in [0.3, 0.4) is 0 Å². The summed E-state index contributed by atoms with van der Waals surface area (Å²) in [5, 5.41) is 5.77. The number of hydrogen-bond acceptors (Lipinski definition) is 5. The summed E-state index contributed by atoms with van der Waals surface area (Å²) in [5.41, 5.74) is 1.74. The van der Waals surface area contributed by atoms with E-state index in [0.717, 1.165) is 17.1 Å². The van der Waals surface area contributed by atoms with Crippen molar-refractivity contribution in [2.75, 3.05) is 17.2 Å². The number of amides is 1. The predicted molar refractivity (Wildman–Crippen MR) is 90.4 cm³/mol. The predicted octanol–water partition coefficient (Wildman–Crippen LogP) is 4.18. The zero-order valence-electron chi connectivity index (χ0n) is 13.5. The van der Waals surface area contributed by atoms with Gasteiger partial charge in [-0.15, -0.1) is 0 Å². The third kappa shape index (κ3) is 5.50. The van der Waals surface area contributed by atoms with E-state index in [2.05, 4.69) is 15.6 Å². The van der Waals surface area contributed by atoms with Crippen molar-refractivity contribution in [3.05, 3.63) is 42.6 Å². The first-order valence-electron chi connectivity index (χ1n) is 7.50. The Morgan fingerprint density at radius 2 is 1.83 bits per heavy atom. The van der Waals surface area contributed by atoms with Crippen molar-refractivity contribution in [3.63, 3.8) is 0 Å². The van der Waals surface area contributed by atoms with E-state index in [1.54, 1.807) is 19.2 Å². The number of pyridine rings is 1. The number of nitrogens with zero attached hydrogens (tertiary/aromatic N) is 1. The molecule has 0 aliphatic rings. The van der Waals surface area contributed by atoms with Crippen LogP contribution in [0.1, 0.15) is 20.8 Å². The van der Waals surface area contributed by atoms with Crippen LogP contribution in [-0.4, -0.2) is 23.8 Å². The first-order valence-corrected chi connectivity index (χ1v) is 7.50. The highest BCUT2D eigenvalue weighted by atomic mass is 16.5. The second-order valence-corrected chi connectivity index (χ2v) is 5.09. The molecule has 0 aliphatic carbocycles. The van der Waals surface area contributed by atoms with Crippen LogP contribution in [0.2, 0.25) is 0 Å². The van der Waals surface area contributed by atoms with Crippen molar-refractivity contribution < 1.29 is 14.3 Å². The van der Waals surface area contributed by atoms with E-state index in [1.165, 1.54) is 0 Å². The lowest BCUT2D eigenvalue weighted by Gasteiger charge is -2.11. The largest absolute Gasteiger partial charge is 0.491 e. The molecule has 0 spiro atoms. The summed E-state index contributed by atoms with van der Waals surface area (Å²) in [7, 11) is 0. The molecule has 0 saturated carbocycles. The lowest BCUT2D eigenvalue weighted by atomic mass is 10.3. The Morgan fingerprint density at radius 3 is 2.39 bits per heavy atom. The number of hydrogen-bond donors (Lipinski definition) is 2. The highest BCUT2D eigenvalue weighted by molar-refractivity contribution is 5.83. The molecular formula is C17H21N3O3. The molecule has 0 bridgehead atoms. The van der Waals surface area contributed by atoms with Gasteiger partial charge in [0.25, 0.3) is 0 Å². The minimum atomic E-state index is -0.513. The van der Waals surface area contributed by atoms with Gasteiger partial charge in [-0.05, 0) is 57.2 Å².